The second-order valence-electron chi connectivity index (χ2n) is 8.01. The molecule has 0 radical (unpaired) electrons. The molecule has 0 spiro atoms. The number of benzene rings is 1. The molecular weight excluding hydrogens is 342 g/mol. The Morgan fingerprint density at radius 3 is 2.63 bits per heavy atom. The standard InChI is InChI=1S/C21H33N3O3/c1-3-4-5-6-17(2)22-21(25)15-24-11-9-23(10-12-24)14-18-7-8-19-20(13-18)27-16-26-19/h7-8,13,17H,3-6,9-12,14-16H2,1-2H3,(H,22,25)/p+2/t17-/m0/s1. The molecule has 0 saturated carbocycles. The summed E-state index contributed by atoms with van der Waals surface area (Å²) < 4.78 is 10.9. The number of unbranched alkanes of at least 4 members (excludes halogenated alkanes) is 2. The lowest BCUT2D eigenvalue weighted by Crippen LogP contribution is -3.28. The Balaban J connectivity index is 1.35. The van der Waals surface area contributed by atoms with Gasteiger partial charge in [0.2, 0.25) is 6.79 Å². The number of ether oxygens (including phenoxy) is 2. The number of rotatable bonds is 9. The molecule has 6 heteroatoms. The first-order chi connectivity index (χ1) is 13.1. The molecule has 2 aliphatic rings. The number of hydrogen-bond donors (Lipinski definition) is 3. The van der Waals surface area contributed by atoms with Crippen molar-refractivity contribution in [1.82, 2.24) is 5.32 Å². The monoisotopic (exact) mass is 377 g/mol. The average Bonchev–Trinajstić information content (AvgIpc) is 3.11. The zero-order valence-corrected chi connectivity index (χ0v) is 16.8. The quantitative estimate of drug-likeness (QED) is 0.522. The number of carbonyl (C=O) groups excluding carboxylic acids is 1. The van der Waals surface area contributed by atoms with Crippen LogP contribution >= 0.6 is 0 Å². The zero-order chi connectivity index (χ0) is 19.1. The van der Waals surface area contributed by atoms with Crippen molar-refractivity contribution in [1.29, 1.82) is 0 Å². The van der Waals surface area contributed by atoms with Crippen LogP contribution in [0.2, 0.25) is 0 Å². The Morgan fingerprint density at radius 1 is 1.11 bits per heavy atom. The van der Waals surface area contributed by atoms with Crippen LogP contribution in [0.4, 0.5) is 0 Å². The SMILES string of the molecule is CCCCC[C@H](C)NC(=O)C[NH+]1CC[NH+](Cc2ccc3c(c2)OCO3)CC1. The minimum absolute atomic E-state index is 0.202. The van der Waals surface area contributed by atoms with Gasteiger partial charge in [-0.2, -0.15) is 0 Å². The first kappa shape index (κ1) is 20.0. The lowest BCUT2D eigenvalue weighted by Gasteiger charge is -2.29. The Kier molecular flexibility index (Phi) is 7.35. The highest BCUT2D eigenvalue weighted by Crippen LogP contribution is 2.32. The minimum Gasteiger partial charge on any atom is -0.454 e. The largest absolute Gasteiger partial charge is 0.454 e. The third-order valence-corrected chi connectivity index (χ3v) is 5.61. The molecule has 0 aliphatic carbocycles. The molecule has 2 aliphatic heterocycles. The summed E-state index contributed by atoms with van der Waals surface area (Å²) in [5, 5.41) is 3.17. The number of hydrogen-bond acceptors (Lipinski definition) is 3. The van der Waals surface area contributed by atoms with E-state index in [1.807, 2.05) is 6.07 Å². The Labute approximate surface area is 162 Å². The molecule has 27 heavy (non-hydrogen) atoms. The predicted molar refractivity (Wildman–Crippen MR) is 104 cm³/mol. The highest BCUT2D eigenvalue weighted by atomic mass is 16.7. The molecule has 6 nitrogen and oxygen atoms in total. The molecule has 1 atom stereocenters. The lowest BCUT2D eigenvalue weighted by atomic mass is 10.1. The van der Waals surface area contributed by atoms with Gasteiger partial charge in [-0.25, -0.2) is 0 Å². The van der Waals surface area contributed by atoms with Gasteiger partial charge in [0.25, 0.3) is 5.91 Å². The topological polar surface area (TPSA) is 56.4 Å². The van der Waals surface area contributed by atoms with Gasteiger partial charge in [-0.15, -0.1) is 0 Å². The maximum atomic E-state index is 12.3. The second kappa shape index (κ2) is 9.95. The number of carbonyl (C=O) groups is 1. The summed E-state index contributed by atoms with van der Waals surface area (Å²) in [6.45, 7) is 10.6. The van der Waals surface area contributed by atoms with Crippen LogP contribution in [0.3, 0.4) is 0 Å². The van der Waals surface area contributed by atoms with Crippen molar-refractivity contribution in [2.24, 2.45) is 0 Å². The molecule has 150 valence electrons. The van der Waals surface area contributed by atoms with Crippen LogP contribution in [0, 0.1) is 0 Å². The second-order valence-corrected chi connectivity index (χ2v) is 8.01. The normalized spacial score (nSPS) is 22.4. The van der Waals surface area contributed by atoms with E-state index in [1.54, 1.807) is 4.90 Å². The van der Waals surface area contributed by atoms with Gasteiger partial charge in [-0.05, 0) is 31.5 Å². The molecular formula is C21H35N3O3+2. The highest BCUT2D eigenvalue weighted by Gasteiger charge is 2.25. The molecule has 1 aromatic carbocycles. The molecule has 1 amide bonds. The average molecular weight is 378 g/mol. The van der Waals surface area contributed by atoms with E-state index in [9.17, 15) is 4.79 Å². The number of piperazine rings is 1. The molecule has 1 aromatic rings. The van der Waals surface area contributed by atoms with E-state index in [4.69, 9.17) is 9.47 Å². The van der Waals surface area contributed by atoms with Gasteiger partial charge in [0.05, 0.1) is 0 Å². The summed E-state index contributed by atoms with van der Waals surface area (Å²) in [6, 6.07) is 6.53. The third kappa shape index (κ3) is 6.11. The van der Waals surface area contributed by atoms with Crippen LogP contribution in [0.25, 0.3) is 0 Å². The predicted octanol–water partition coefficient (Wildman–Crippen LogP) is -0.216. The van der Waals surface area contributed by atoms with Crippen LogP contribution in [0.1, 0.15) is 45.1 Å². The van der Waals surface area contributed by atoms with Crippen molar-refractivity contribution in [2.75, 3.05) is 39.5 Å². The van der Waals surface area contributed by atoms with Crippen molar-refractivity contribution in [3.63, 3.8) is 0 Å². The van der Waals surface area contributed by atoms with Gasteiger partial charge in [0, 0.05) is 11.6 Å². The van der Waals surface area contributed by atoms with Crippen LogP contribution in [0.5, 0.6) is 11.5 Å². The van der Waals surface area contributed by atoms with Crippen molar-refractivity contribution in [2.45, 2.75) is 52.1 Å². The first-order valence-corrected chi connectivity index (χ1v) is 10.5. The fourth-order valence-corrected chi connectivity index (χ4v) is 3.98. The van der Waals surface area contributed by atoms with E-state index in [1.165, 1.54) is 29.7 Å². The first-order valence-electron chi connectivity index (χ1n) is 10.5. The van der Waals surface area contributed by atoms with Crippen molar-refractivity contribution in [3.8, 4) is 11.5 Å². The number of amides is 1. The molecule has 1 fully saturated rings. The van der Waals surface area contributed by atoms with E-state index < -0.39 is 0 Å². The molecule has 3 N–H and O–H groups in total. The minimum atomic E-state index is 0.202. The van der Waals surface area contributed by atoms with E-state index in [2.05, 4.69) is 31.3 Å². The smallest absolute Gasteiger partial charge is 0.275 e. The van der Waals surface area contributed by atoms with Gasteiger partial charge in [0.1, 0.15) is 32.7 Å². The van der Waals surface area contributed by atoms with Crippen molar-refractivity contribution < 1.29 is 24.1 Å². The summed E-state index contributed by atoms with van der Waals surface area (Å²) in [5.74, 6) is 1.91. The molecule has 0 aromatic heterocycles. The molecule has 0 unspecified atom stereocenters. The Hall–Kier alpha value is -1.79. The van der Waals surface area contributed by atoms with E-state index in [0.29, 0.717) is 19.4 Å². The van der Waals surface area contributed by atoms with Gasteiger partial charge < -0.3 is 24.6 Å². The number of nitrogens with one attached hydrogen (secondary N) is 3. The van der Waals surface area contributed by atoms with E-state index in [-0.39, 0.29) is 5.91 Å². The van der Waals surface area contributed by atoms with Crippen LogP contribution in [0.15, 0.2) is 18.2 Å². The van der Waals surface area contributed by atoms with Crippen LogP contribution in [-0.4, -0.2) is 51.5 Å². The maximum absolute atomic E-state index is 12.3. The summed E-state index contributed by atoms with van der Waals surface area (Å²) in [4.78, 5) is 15.3. The summed E-state index contributed by atoms with van der Waals surface area (Å²) in [5.41, 5.74) is 1.29. The van der Waals surface area contributed by atoms with Crippen molar-refractivity contribution >= 4 is 5.91 Å². The third-order valence-electron chi connectivity index (χ3n) is 5.61. The zero-order valence-electron chi connectivity index (χ0n) is 16.8. The number of fused-ring (bicyclic) bond motifs is 1. The van der Waals surface area contributed by atoms with Gasteiger partial charge >= 0.3 is 0 Å². The number of quaternary nitrogens is 2. The van der Waals surface area contributed by atoms with Gasteiger partial charge in [-0.1, -0.05) is 26.2 Å². The lowest BCUT2D eigenvalue weighted by molar-refractivity contribution is -1.02. The van der Waals surface area contributed by atoms with Gasteiger partial charge in [0.15, 0.2) is 18.0 Å². The summed E-state index contributed by atoms with van der Waals surface area (Å²) in [7, 11) is 0. The molecule has 1 saturated heterocycles. The fraction of sp³-hybridized carbons (Fsp3) is 0.667. The maximum Gasteiger partial charge on any atom is 0.275 e. The van der Waals surface area contributed by atoms with E-state index in [0.717, 1.165) is 50.6 Å². The molecule has 0 bridgehead atoms. The Morgan fingerprint density at radius 2 is 1.85 bits per heavy atom. The van der Waals surface area contributed by atoms with E-state index >= 15 is 0 Å². The summed E-state index contributed by atoms with van der Waals surface area (Å²) in [6.07, 6.45) is 4.76. The van der Waals surface area contributed by atoms with Crippen molar-refractivity contribution in [3.05, 3.63) is 23.8 Å². The fourth-order valence-electron chi connectivity index (χ4n) is 3.98. The highest BCUT2D eigenvalue weighted by molar-refractivity contribution is 5.77. The van der Waals surface area contributed by atoms with Crippen LogP contribution < -0.4 is 24.6 Å². The molecule has 2 heterocycles. The van der Waals surface area contributed by atoms with Gasteiger partial charge in [-0.3, -0.25) is 4.79 Å². The summed E-state index contributed by atoms with van der Waals surface area (Å²) >= 11 is 0. The van der Waals surface area contributed by atoms with Crippen LogP contribution in [-0.2, 0) is 11.3 Å². The Bertz CT molecular complexity index is 615. The molecule has 3 rings (SSSR count).